The van der Waals surface area contributed by atoms with Gasteiger partial charge in [0.1, 0.15) is 16.8 Å². The molecule has 1 amide bonds. The first-order chi connectivity index (χ1) is 23.0. The number of benzene rings is 2. The number of aliphatic hydroxyl groups is 2. The molecule has 1 saturated heterocycles. The molecule has 6 aliphatic rings. The molecular formula is C37H45ClN2O8. The number of likely N-dealkylation sites (N-methyl/N-ethyl adjacent to an activating group) is 1. The van der Waals surface area contributed by atoms with Gasteiger partial charge >= 0.3 is 5.97 Å². The van der Waals surface area contributed by atoms with E-state index >= 15 is 0 Å². The molecule has 6 fully saturated rings. The van der Waals surface area contributed by atoms with Gasteiger partial charge in [-0.05, 0) is 56.5 Å². The number of nitrogens with one attached hydrogen (secondary N) is 1. The summed E-state index contributed by atoms with van der Waals surface area (Å²) in [5, 5.41) is 29.1. The van der Waals surface area contributed by atoms with Crippen LogP contribution < -0.4 is 5.32 Å². The van der Waals surface area contributed by atoms with E-state index in [-0.39, 0.29) is 47.5 Å². The number of rotatable bonds is 8. The van der Waals surface area contributed by atoms with Gasteiger partial charge in [-0.15, -0.1) is 0 Å². The average molecular weight is 681 g/mol. The van der Waals surface area contributed by atoms with Gasteiger partial charge in [-0.25, -0.2) is 4.79 Å². The van der Waals surface area contributed by atoms with E-state index in [1.54, 1.807) is 69.9 Å². The van der Waals surface area contributed by atoms with Gasteiger partial charge in [-0.3, -0.25) is 9.69 Å². The van der Waals surface area contributed by atoms with E-state index < -0.39 is 40.2 Å². The predicted octanol–water partition coefficient (Wildman–Crippen LogP) is 4.17. The summed E-state index contributed by atoms with van der Waals surface area (Å²) in [6.45, 7) is 3.30. The lowest BCUT2D eigenvalue weighted by molar-refractivity contribution is -0.337. The predicted molar refractivity (Wildman–Crippen MR) is 177 cm³/mol. The molecule has 2 aromatic rings. The summed E-state index contributed by atoms with van der Waals surface area (Å²) in [4.78, 5) is 30.0. The largest absolute Gasteiger partial charge is 0.454 e. The smallest absolute Gasteiger partial charge is 0.340 e. The maximum Gasteiger partial charge on any atom is 0.340 e. The summed E-state index contributed by atoms with van der Waals surface area (Å²) in [6.07, 6.45) is 1.69. The Hall–Kier alpha value is -2.57. The molecule has 5 aliphatic carbocycles. The first-order valence-electron chi connectivity index (χ1n) is 17.2. The van der Waals surface area contributed by atoms with Gasteiger partial charge in [0.2, 0.25) is 0 Å². The number of para-hydroxylation sites is 1. The van der Waals surface area contributed by atoms with Crippen molar-refractivity contribution < 1.29 is 38.7 Å². The number of fused-ring (bicyclic) bond motifs is 2. The number of hydrogen-bond donors (Lipinski definition) is 3. The van der Waals surface area contributed by atoms with Gasteiger partial charge < -0.3 is 34.5 Å². The maximum atomic E-state index is 14.4. The molecule has 11 heteroatoms. The number of hydrogen-bond acceptors (Lipinski definition) is 9. The Morgan fingerprint density at radius 3 is 2.40 bits per heavy atom. The number of halogens is 1. The topological polar surface area (TPSA) is 127 Å². The van der Waals surface area contributed by atoms with Crippen LogP contribution in [0.2, 0.25) is 5.02 Å². The monoisotopic (exact) mass is 680 g/mol. The number of carbonyl (C=O) groups is 2. The summed E-state index contributed by atoms with van der Waals surface area (Å²) in [5.41, 5.74) is -3.58. The minimum absolute atomic E-state index is 0.0751. The Kier molecular flexibility index (Phi) is 7.62. The van der Waals surface area contributed by atoms with Crippen molar-refractivity contribution in [3.05, 3.63) is 64.7 Å². The first kappa shape index (κ1) is 32.6. The molecule has 2 aromatic carbocycles. The molecule has 48 heavy (non-hydrogen) atoms. The van der Waals surface area contributed by atoms with Crippen LogP contribution in [0.4, 0.5) is 5.69 Å². The number of piperidine rings is 1. The average Bonchev–Trinajstić information content (AvgIpc) is 3.51. The molecular weight excluding hydrogens is 636 g/mol. The van der Waals surface area contributed by atoms with Crippen LogP contribution in [0.25, 0.3) is 0 Å². The molecule has 3 N–H and O–H groups in total. The Bertz CT molecular complexity index is 1640. The van der Waals surface area contributed by atoms with Crippen LogP contribution in [0.15, 0.2) is 48.5 Å². The number of carbonyl (C=O) groups excluding carboxylic acids is 2. The molecule has 5 saturated carbocycles. The molecule has 1 spiro atoms. The summed E-state index contributed by atoms with van der Waals surface area (Å²) >= 11 is 6.30. The third-order valence-corrected chi connectivity index (χ3v) is 14.0. The van der Waals surface area contributed by atoms with Crippen LogP contribution in [-0.2, 0) is 18.9 Å². The molecule has 1 unspecified atom stereocenters. The Balaban J connectivity index is 1.20. The third-order valence-electron chi connectivity index (χ3n) is 13.7. The van der Waals surface area contributed by atoms with Gasteiger partial charge in [-0.2, -0.15) is 0 Å². The number of anilines is 1. The second kappa shape index (κ2) is 11.2. The zero-order chi connectivity index (χ0) is 33.8. The summed E-state index contributed by atoms with van der Waals surface area (Å²) in [6, 6.07) is 13.6. The first-order valence-corrected chi connectivity index (χ1v) is 17.6. The number of nitrogens with zero attached hydrogens (tertiary/aromatic N) is 1. The van der Waals surface area contributed by atoms with Crippen molar-refractivity contribution in [3.63, 3.8) is 0 Å². The van der Waals surface area contributed by atoms with Gasteiger partial charge in [0.05, 0.1) is 40.1 Å². The zero-order valence-electron chi connectivity index (χ0n) is 27.9. The van der Waals surface area contributed by atoms with E-state index in [1.165, 1.54) is 0 Å². The SMILES string of the molecule is CCN1C[C@]2(OC(=O)c3ccccc3NC(=O)c3ccccc3Cl)CC[C@H](OC)[C@]34C1[C@H](C[C@H]23)[C@@]1(O)C[C@H](OC)[C@H]2C[C@@H]4[C@]1(O)[C@H]2OC. The van der Waals surface area contributed by atoms with Crippen molar-refractivity contribution in [2.24, 2.45) is 29.1 Å². The number of likely N-dealkylation sites (tertiary alicyclic amines) is 1. The highest BCUT2D eigenvalue weighted by Gasteiger charge is 2.89. The lowest BCUT2D eigenvalue weighted by Gasteiger charge is -2.70. The summed E-state index contributed by atoms with van der Waals surface area (Å²) < 4.78 is 25.3. The van der Waals surface area contributed by atoms with Crippen LogP contribution >= 0.6 is 11.6 Å². The van der Waals surface area contributed by atoms with Crippen molar-refractivity contribution in [2.75, 3.05) is 39.7 Å². The van der Waals surface area contributed by atoms with Gasteiger partial charge in [0.15, 0.2) is 0 Å². The molecule has 1 heterocycles. The fraction of sp³-hybridized carbons (Fsp3) is 0.622. The van der Waals surface area contributed by atoms with E-state index in [0.717, 1.165) is 0 Å². The molecule has 0 aromatic heterocycles. The summed E-state index contributed by atoms with van der Waals surface area (Å²) in [5.74, 6) is -1.88. The van der Waals surface area contributed by atoms with E-state index in [0.29, 0.717) is 61.5 Å². The number of ether oxygens (including phenoxy) is 4. The van der Waals surface area contributed by atoms with Crippen molar-refractivity contribution in [1.82, 2.24) is 4.90 Å². The Morgan fingerprint density at radius 2 is 1.71 bits per heavy atom. The van der Waals surface area contributed by atoms with Crippen LogP contribution in [0.1, 0.15) is 59.7 Å². The van der Waals surface area contributed by atoms with Crippen LogP contribution in [0, 0.1) is 29.1 Å². The van der Waals surface area contributed by atoms with E-state index in [2.05, 4.69) is 17.1 Å². The Morgan fingerprint density at radius 1 is 0.979 bits per heavy atom. The standard InChI is InChI=1S/C37H45ClN2O8/c1-5-40-19-34(48-33(42)21-11-7-9-13-25(21)39-32(41)20-10-6-8-12-24(20)38)15-14-29(46-3)36-27(34)17-23(30(36)40)35(43)18-26(45-2)22-16-28(36)37(35,44)31(22)47-4/h6-13,22-23,26-31,43-44H,5,14-19H2,1-4H3,(H,39,41)/t22-,23+,26+,27-,28+,29+,30?,31+,34-,35+,36+,37+/m1/s1. The fourth-order valence-corrected chi connectivity index (χ4v) is 12.5. The number of amides is 1. The molecule has 0 radical (unpaired) electrons. The minimum Gasteiger partial charge on any atom is -0.454 e. The Labute approximate surface area is 286 Å². The van der Waals surface area contributed by atoms with Gasteiger partial charge in [0, 0.05) is 69.4 Å². The van der Waals surface area contributed by atoms with Crippen molar-refractivity contribution >= 4 is 29.2 Å². The molecule has 7 bridgehead atoms. The normalized spacial score (nSPS) is 43.6. The molecule has 12 atom stereocenters. The highest BCUT2D eigenvalue weighted by molar-refractivity contribution is 6.34. The van der Waals surface area contributed by atoms with Crippen molar-refractivity contribution in [3.8, 4) is 0 Å². The van der Waals surface area contributed by atoms with Gasteiger partial charge in [-0.1, -0.05) is 42.8 Å². The summed E-state index contributed by atoms with van der Waals surface area (Å²) in [7, 11) is 5.04. The third kappa shape index (κ3) is 3.91. The van der Waals surface area contributed by atoms with Crippen molar-refractivity contribution in [2.45, 2.75) is 80.2 Å². The van der Waals surface area contributed by atoms with Crippen molar-refractivity contribution in [1.29, 1.82) is 0 Å². The van der Waals surface area contributed by atoms with Crippen LogP contribution in [0.5, 0.6) is 0 Å². The molecule has 1 aliphatic heterocycles. The van der Waals surface area contributed by atoms with E-state index in [4.69, 9.17) is 30.5 Å². The van der Waals surface area contributed by atoms with E-state index in [1.807, 2.05) is 0 Å². The minimum atomic E-state index is -1.51. The zero-order valence-corrected chi connectivity index (χ0v) is 28.6. The van der Waals surface area contributed by atoms with Crippen LogP contribution in [0.3, 0.4) is 0 Å². The number of esters is 1. The maximum absolute atomic E-state index is 14.4. The molecule has 258 valence electrons. The lowest BCUT2D eigenvalue weighted by Crippen LogP contribution is -2.83. The molecule has 8 rings (SSSR count). The van der Waals surface area contributed by atoms with Crippen LogP contribution in [-0.4, -0.2) is 103 Å². The second-order valence-electron chi connectivity index (χ2n) is 14.9. The highest BCUT2D eigenvalue weighted by Crippen LogP contribution is 2.79. The second-order valence-corrected chi connectivity index (χ2v) is 15.3. The fourth-order valence-electron chi connectivity index (χ4n) is 12.3. The highest BCUT2D eigenvalue weighted by atomic mass is 35.5. The lowest BCUT2D eigenvalue weighted by atomic mass is 9.44. The van der Waals surface area contributed by atoms with Gasteiger partial charge in [0.25, 0.3) is 5.91 Å². The quantitative estimate of drug-likeness (QED) is 0.352. The van der Waals surface area contributed by atoms with E-state index in [9.17, 15) is 19.8 Å². The number of methoxy groups -OCH3 is 3. The molecule has 10 nitrogen and oxygen atoms in total.